The van der Waals surface area contributed by atoms with Gasteiger partial charge in [-0.25, -0.2) is 4.98 Å². The Labute approximate surface area is 148 Å². The van der Waals surface area contributed by atoms with Crippen LogP contribution in [-0.2, 0) is 6.18 Å². The molecule has 0 radical (unpaired) electrons. The third kappa shape index (κ3) is 3.65. The van der Waals surface area contributed by atoms with E-state index >= 15 is 0 Å². The lowest BCUT2D eigenvalue weighted by Crippen LogP contribution is -2.35. The highest BCUT2D eigenvalue weighted by Gasteiger charge is 2.32. The predicted molar refractivity (Wildman–Crippen MR) is 91.8 cm³/mol. The number of nitrogens with zero attached hydrogens (tertiary/aromatic N) is 3. The fraction of sp³-hybridized carbons (Fsp3) is 0.333. The summed E-state index contributed by atoms with van der Waals surface area (Å²) < 4.78 is 40.0. The molecule has 3 aromatic rings. The number of fused-ring (bicyclic) bond motifs is 1. The maximum atomic E-state index is 12.8. The molecule has 0 saturated carbocycles. The van der Waals surface area contributed by atoms with Crippen LogP contribution in [0.25, 0.3) is 5.65 Å². The van der Waals surface area contributed by atoms with E-state index in [-0.39, 0.29) is 0 Å². The topological polar surface area (TPSA) is 62.5 Å². The number of anilines is 1. The van der Waals surface area contributed by atoms with E-state index in [1.54, 1.807) is 18.4 Å². The van der Waals surface area contributed by atoms with Gasteiger partial charge < -0.3 is 10.4 Å². The Morgan fingerprint density at radius 3 is 2.35 bits per heavy atom. The predicted octanol–water partition coefficient (Wildman–Crippen LogP) is 3.98. The van der Waals surface area contributed by atoms with Gasteiger partial charge in [-0.2, -0.15) is 22.8 Å². The van der Waals surface area contributed by atoms with Gasteiger partial charge in [0.25, 0.3) is 0 Å². The fourth-order valence-corrected chi connectivity index (χ4v) is 2.84. The van der Waals surface area contributed by atoms with Crippen molar-refractivity contribution in [2.24, 2.45) is 0 Å². The SMILES string of the molecule is Cc1cc(NC(c2ccc(C(F)(F)F)cc2)C(C)(C)O)n2ncnc2c1. The number of halogens is 3. The average Bonchev–Trinajstić information content (AvgIpc) is 2.99. The molecular weight excluding hydrogens is 345 g/mol. The quantitative estimate of drug-likeness (QED) is 0.735. The molecule has 3 rings (SSSR count). The Hall–Kier alpha value is -2.61. The van der Waals surface area contributed by atoms with Crippen LogP contribution in [0.2, 0.25) is 0 Å². The third-order valence-corrected chi connectivity index (χ3v) is 4.09. The summed E-state index contributed by atoms with van der Waals surface area (Å²) in [5.41, 5.74) is 0.130. The van der Waals surface area contributed by atoms with Crippen molar-refractivity contribution in [2.75, 3.05) is 5.32 Å². The molecule has 0 aliphatic rings. The Balaban J connectivity index is 2.00. The third-order valence-electron chi connectivity index (χ3n) is 4.09. The summed E-state index contributed by atoms with van der Waals surface area (Å²) in [5.74, 6) is 0.588. The largest absolute Gasteiger partial charge is 0.416 e. The first-order chi connectivity index (χ1) is 12.1. The Kier molecular flexibility index (Phi) is 4.39. The molecule has 5 nitrogen and oxygen atoms in total. The Bertz CT molecular complexity index is 911. The molecule has 2 N–H and O–H groups in total. The molecule has 8 heteroatoms. The van der Waals surface area contributed by atoms with E-state index in [0.29, 0.717) is 17.0 Å². The maximum absolute atomic E-state index is 12.8. The monoisotopic (exact) mass is 364 g/mol. The van der Waals surface area contributed by atoms with Crippen LogP contribution in [0, 0.1) is 6.92 Å². The van der Waals surface area contributed by atoms with Crippen LogP contribution in [0.4, 0.5) is 19.0 Å². The molecule has 26 heavy (non-hydrogen) atoms. The number of alkyl halides is 3. The molecule has 0 spiro atoms. The number of benzene rings is 1. The smallest absolute Gasteiger partial charge is 0.388 e. The van der Waals surface area contributed by atoms with E-state index in [1.807, 2.05) is 19.1 Å². The molecule has 2 aromatic heterocycles. The molecule has 0 saturated heterocycles. The van der Waals surface area contributed by atoms with Crippen LogP contribution in [0.5, 0.6) is 0 Å². The van der Waals surface area contributed by atoms with Gasteiger partial charge >= 0.3 is 6.18 Å². The van der Waals surface area contributed by atoms with E-state index in [4.69, 9.17) is 0 Å². The number of nitrogens with one attached hydrogen (secondary N) is 1. The summed E-state index contributed by atoms with van der Waals surface area (Å²) in [7, 11) is 0. The molecule has 1 unspecified atom stereocenters. The average molecular weight is 364 g/mol. The van der Waals surface area contributed by atoms with Crippen LogP contribution in [0.15, 0.2) is 42.7 Å². The summed E-state index contributed by atoms with van der Waals surface area (Å²) in [5, 5.41) is 17.9. The molecule has 0 bridgehead atoms. The molecule has 0 aliphatic heterocycles. The lowest BCUT2D eigenvalue weighted by atomic mass is 9.91. The van der Waals surface area contributed by atoms with Gasteiger partial charge in [0.05, 0.1) is 17.2 Å². The van der Waals surface area contributed by atoms with Crippen molar-refractivity contribution in [1.82, 2.24) is 14.6 Å². The van der Waals surface area contributed by atoms with E-state index in [0.717, 1.165) is 17.7 Å². The van der Waals surface area contributed by atoms with Crippen molar-refractivity contribution < 1.29 is 18.3 Å². The summed E-state index contributed by atoms with van der Waals surface area (Å²) >= 11 is 0. The number of hydrogen-bond acceptors (Lipinski definition) is 4. The van der Waals surface area contributed by atoms with E-state index in [2.05, 4.69) is 15.4 Å². The summed E-state index contributed by atoms with van der Waals surface area (Å²) in [6.07, 6.45) is -2.99. The highest BCUT2D eigenvalue weighted by atomic mass is 19.4. The van der Waals surface area contributed by atoms with Gasteiger partial charge in [-0.3, -0.25) is 0 Å². The van der Waals surface area contributed by atoms with Crippen LogP contribution < -0.4 is 5.32 Å². The van der Waals surface area contributed by atoms with E-state index < -0.39 is 23.4 Å². The van der Waals surface area contributed by atoms with Crippen LogP contribution >= 0.6 is 0 Å². The van der Waals surface area contributed by atoms with Gasteiger partial charge in [0.2, 0.25) is 0 Å². The number of rotatable bonds is 4. The molecule has 2 heterocycles. The molecule has 138 valence electrons. The molecular formula is C18H19F3N4O. The van der Waals surface area contributed by atoms with Crippen molar-refractivity contribution in [3.63, 3.8) is 0 Å². The second-order valence-electron chi connectivity index (χ2n) is 6.80. The first kappa shape index (κ1) is 18.2. The number of aliphatic hydroxyl groups is 1. The first-order valence-electron chi connectivity index (χ1n) is 8.02. The Morgan fingerprint density at radius 2 is 1.77 bits per heavy atom. The van der Waals surface area contributed by atoms with Gasteiger partial charge in [-0.15, -0.1) is 0 Å². The summed E-state index contributed by atoms with van der Waals surface area (Å²) in [6, 6.07) is 7.80. The van der Waals surface area contributed by atoms with Crippen LogP contribution in [-0.4, -0.2) is 25.3 Å². The van der Waals surface area contributed by atoms with E-state index in [1.165, 1.54) is 18.5 Å². The minimum absolute atomic E-state index is 0.528. The fourth-order valence-electron chi connectivity index (χ4n) is 2.84. The number of aryl methyl sites for hydroxylation is 1. The molecule has 0 fully saturated rings. The lowest BCUT2D eigenvalue weighted by Gasteiger charge is -2.31. The molecule has 0 amide bonds. The van der Waals surface area contributed by atoms with Gasteiger partial charge in [-0.05, 0) is 56.2 Å². The lowest BCUT2D eigenvalue weighted by molar-refractivity contribution is -0.137. The minimum Gasteiger partial charge on any atom is -0.388 e. The molecule has 0 aliphatic carbocycles. The zero-order valence-corrected chi connectivity index (χ0v) is 14.5. The highest BCUT2D eigenvalue weighted by molar-refractivity contribution is 5.52. The van der Waals surface area contributed by atoms with E-state index in [9.17, 15) is 18.3 Å². The van der Waals surface area contributed by atoms with Gasteiger partial charge in [0, 0.05) is 0 Å². The van der Waals surface area contributed by atoms with Gasteiger partial charge in [-0.1, -0.05) is 12.1 Å². The van der Waals surface area contributed by atoms with Crippen molar-refractivity contribution in [1.29, 1.82) is 0 Å². The number of pyridine rings is 1. The summed E-state index contributed by atoms with van der Waals surface area (Å²) in [6.45, 7) is 5.09. The number of aromatic nitrogens is 3. The standard InChI is InChI=1S/C18H19F3N4O/c1-11-8-14-22-10-23-25(14)15(9-11)24-16(17(2,3)26)12-4-6-13(7-5-12)18(19,20)21/h4-10,16,24,26H,1-3H3. The van der Waals surface area contributed by atoms with Crippen LogP contribution in [0.1, 0.15) is 36.6 Å². The van der Waals surface area contributed by atoms with Crippen molar-refractivity contribution in [3.8, 4) is 0 Å². The van der Waals surface area contributed by atoms with Gasteiger partial charge in [0.15, 0.2) is 5.65 Å². The zero-order valence-electron chi connectivity index (χ0n) is 14.5. The second kappa shape index (κ2) is 6.28. The maximum Gasteiger partial charge on any atom is 0.416 e. The molecule has 1 aromatic carbocycles. The number of hydrogen-bond donors (Lipinski definition) is 2. The van der Waals surface area contributed by atoms with Crippen LogP contribution in [0.3, 0.4) is 0 Å². The zero-order chi connectivity index (χ0) is 19.1. The second-order valence-corrected chi connectivity index (χ2v) is 6.80. The van der Waals surface area contributed by atoms with Crippen molar-refractivity contribution in [2.45, 2.75) is 38.6 Å². The van der Waals surface area contributed by atoms with Crippen molar-refractivity contribution in [3.05, 3.63) is 59.4 Å². The minimum atomic E-state index is -4.40. The van der Waals surface area contributed by atoms with Gasteiger partial charge in [0.1, 0.15) is 12.1 Å². The Morgan fingerprint density at radius 1 is 1.12 bits per heavy atom. The normalized spacial score (nSPS) is 13.8. The highest BCUT2D eigenvalue weighted by Crippen LogP contribution is 2.33. The summed E-state index contributed by atoms with van der Waals surface area (Å²) in [4.78, 5) is 4.15. The first-order valence-corrected chi connectivity index (χ1v) is 8.02. The van der Waals surface area contributed by atoms with Crippen molar-refractivity contribution >= 4 is 11.5 Å². The molecule has 1 atom stereocenters.